The summed E-state index contributed by atoms with van der Waals surface area (Å²) >= 11 is 1.22. The summed E-state index contributed by atoms with van der Waals surface area (Å²) in [5.41, 5.74) is 3.09. The average Bonchev–Trinajstić information content (AvgIpc) is 3.26. The summed E-state index contributed by atoms with van der Waals surface area (Å²) in [6.45, 7) is -0.0497. The first-order chi connectivity index (χ1) is 17.0. The number of rotatable bonds is 4. The van der Waals surface area contributed by atoms with Crippen molar-refractivity contribution in [2.24, 2.45) is 10.1 Å². The largest absolute Gasteiger partial charge is 0.482 e. The fourth-order valence-corrected chi connectivity index (χ4v) is 4.22. The van der Waals surface area contributed by atoms with Crippen LogP contribution in [0.3, 0.4) is 0 Å². The van der Waals surface area contributed by atoms with Crippen LogP contribution in [0, 0.1) is 23.0 Å². The first kappa shape index (κ1) is 22.2. The Bertz CT molecular complexity index is 1580. The van der Waals surface area contributed by atoms with Crippen molar-refractivity contribution in [2.45, 2.75) is 0 Å². The quantitative estimate of drug-likeness (QED) is 0.419. The van der Waals surface area contributed by atoms with E-state index in [1.165, 1.54) is 22.1 Å². The molecule has 5 rings (SSSR count). The summed E-state index contributed by atoms with van der Waals surface area (Å²) in [6, 6.07) is 17.4. The van der Waals surface area contributed by atoms with Crippen LogP contribution in [0.2, 0.25) is 0 Å². The third kappa shape index (κ3) is 4.71. The van der Waals surface area contributed by atoms with Gasteiger partial charge in [-0.15, -0.1) is 11.3 Å². The minimum atomic E-state index is -0.795. The number of halogens is 2. The second-order valence-electron chi connectivity index (χ2n) is 7.45. The highest BCUT2D eigenvalue weighted by Gasteiger charge is 2.18. The maximum absolute atomic E-state index is 14.3. The highest BCUT2D eigenvalue weighted by atomic mass is 32.1. The van der Waals surface area contributed by atoms with Crippen LogP contribution >= 0.6 is 11.3 Å². The van der Waals surface area contributed by atoms with Gasteiger partial charge in [-0.2, -0.15) is 10.4 Å². The summed E-state index contributed by atoms with van der Waals surface area (Å²) < 4.78 is 34.6. The van der Waals surface area contributed by atoms with Gasteiger partial charge >= 0.3 is 0 Å². The van der Waals surface area contributed by atoms with Gasteiger partial charge in [-0.05, 0) is 48.0 Å². The Kier molecular flexibility index (Phi) is 5.91. The minimum absolute atomic E-state index is 0.0340. The van der Waals surface area contributed by atoms with Crippen molar-refractivity contribution in [3.63, 3.8) is 0 Å². The second-order valence-corrected chi connectivity index (χ2v) is 8.29. The highest BCUT2D eigenvalue weighted by molar-refractivity contribution is 7.07. The molecule has 0 saturated heterocycles. The van der Waals surface area contributed by atoms with Crippen LogP contribution in [0.1, 0.15) is 11.1 Å². The number of amides is 1. The van der Waals surface area contributed by atoms with Crippen LogP contribution in [0.15, 0.2) is 76.1 Å². The van der Waals surface area contributed by atoms with Crippen molar-refractivity contribution in [2.75, 3.05) is 11.9 Å². The smallest absolute Gasteiger partial charge is 0.262 e. The number of hydrogen-bond acceptors (Lipinski definition) is 6. The van der Waals surface area contributed by atoms with Gasteiger partial charge in [-0.1, -0.05) is 12.1 Å². The maximum Gasteiger partial charge on any atom is 0.262 e. The van der Waals surface area contributed by atoms with Gasteiger partial charge in [0.05, 0.1) is 29.2 Å². The summed E-state index contributed by atoms with van der Waals surface area (Å²) in [4.78, 5) is 16.4. The van der Waals surface area contributed by atoms with Gasteiger partial charge in [0, 0.05) is 17.0 Å². The number of anilines is 1. The van der Waals surface area contributed by atoms with Crippen LogP contribution < -0.4 is 14.9 Å². The van der Waals surface area contributed by atoms with Crippen molar-refractivity contribution in [1.82, 2.24) is 4.68 Å². The van der Waals surface area contributed by atoms with Crippen LogP contribution in [0.4, 0.5) is 20.2 Å². The number of benzene rings is 3. The zero-order chi connectivity index (χ0) is 24.4. The van der Waals surface area contributed by atoms with Crippen molar-refractivity contribution < 1.29 is 18.3 Å². The first-order valence-corrected chi connectivity index (χ1v) is 11.2. The highest BCUT2D eigenvalue weighted by Crippen LogP contribution is 2.33. The normalized spacial score (nSPS) is 13.3. The predicted octanol–water partition coefficient (Wildman–Crippen LogP) is 4.81. The Morgan fingerprint density at radius 3 is 2.71 bits per heavy atom. The molecule has 0 atom stereocenters. The van der Waals surface area contributed by atoms with Gasteiger partial charge in [0.25, 0.3) is 5.91 Å². The van der Waals surface area contributed by atoms with Gasteiger partial charge in [0.15, 0.2) is 12.4 Å². The molecule has 0 bridgehead atoms. The summed E-state index contributed by atoms with van der Waals surface area (Å²) in [5, 5.41) is 18.1. The van der Waals surface area contributed by atoms with Crippen molar-refractivity contribution in [3.05, 3.63) is 93.6 Å². The number of ether oxygens (including phenoxy) is 1. The molecule has 7 nitrogen and oxygen atoms in total. The maximum atomic E-state index is 14.3. The SMILES string of the molecule is N#Cc1ccc(C=Nn2c(-c3ccc4c(c3)NC(=O)CO4)csc2=Nc2ccc(F)cc2F)cc1. The molecule has 1 aliphatic heterocycles. The molecule has 1 aliphatic rings. The Balaban J connectivity index is 1.62. The van der Waals surface area contributed by atoms with Crippen LogP contribution in [-0.4, -0.2) is 23.4 Å². The fourth-order valence-electron chi connectivity index (χ4n) is 3.37. The van der Waals surface area contributed by atoms with Gasteiger partial charge in [0.1, 0.15) is 17.3 Å². The molecule has 1 aromatic heterocycles. The molecule has 0 saturated carbocycles. The number of nitriles is 1. The molecule has 0 spiro atoms. The molecule has 3 aromatic carbocycles. The van der Waals surface area contributed by atoms with E-state index in [0.717, 1.165) is 17.7 Å². The van der Waals surface area contributed by atoms with E-state index in [1.807, 2.05) is 6.07 Å². The van der Waals surface area contributed by atoms with E-state index < -0.39 is 11.6 Å². The number of aromatic nitrogens is 1. The summed E-state index contributed by atoms with van der Waals surface area (Å²) in [6.07, 6.45) is 1.58. The molecule has 0 unspecified atom stereocenters. The molecule has 2 heterocycles. The number of carbonyl (C=O) groups excluding carboxylic acids is 1. The predicted molar refractivity (Wildman–Crippen MR) is 128 cm³/mol. The molecule has 0 fully saturated rings. The molecule has 1 amide bonds. The Morgan fingerprint density at radius 1 is 1.11 bits per heavy atom. The minimum Gasteiger partial charge on any atom is -0.482 e. The molecule has 0 aliphatic carbocycles. The van der Waals surface area contributed by atoms with E-state index in [4.69, 9.17) is 10.00 Å². The van der Waals surface area contributed by atoms with E-state index in [-0.39, 0.29) is 18.2 Å². The van der Waals surface area contributed by atoms with E-state index >= 15 is 0 Å². The number of fused-ring (bicyclic) bond motifs is 1. The zero-order valence-electron chi connectivity index (χ0n) is 17.9. The van der Waals surface area contributed by atoms with Crippen molar-refractivity contribution >= 4 is 34.8 Å². The summed E-state index contributed by atoms with van der Waals surface area (Å²) in [5.74, 6) is -1.20. The standard InChI is InChI=1S/C25H15F2N5O2S/c26-18-6-7-20(19(27)10-18)31-25-32(29-12-16-3-1-15(11-28)2-4-16)22(14-35-25)17-5-8-23-21(9-17)30-24(33)13-34-23/h1-10,12,14H,13H2,(H,30,33). The first-order valence-electron chi connectivity index (χ1n) is 10.3. The molecular formula is C25H15F2N5O2S. The number of hydrogen-bond donors (Lipinski definition) is 1. The van der Waals surface area contributed by atoms with Crippen LogP contribution in [-0.2, 0) is 4.79 Å². The average molecular weight is 487 g/mol. The number of nitrogens with zero attached hydrogens (tertiary/aromatic N) is 4. The lowest BCUT2D eigenvalue weighted by atomic mass is 10.1. The van der Waals surface area contributed by atoms with Crippen LogP contribution in [0.25, 0.3) is 11.3 Å². The Labute approximate surface area is 201 Å². The number of thiazole rings is 1. The van der Waals surface area contributed by atoms with E-state index in [2.05, 4.69) is 21.5 Å². The van der Waals surface area contributed by atoms with Crippen LogP contribution in [0.5, 0.6) is 5.75 Å². The van der Waals surface area contributed by atoms with Crippen molar-refractivity contribution in [3.8, 4) is 23.1 Å². The molecule has 4 aromatic rings. The Hall–Kier alpha value is -4.62. The van der Waals surface area contributed by atoms with Crippen molar-refractivity contribution in [1.29, 1.82) is 5.26 Å². The van der Waals surface area contributed by atoms with Gasteiger partial charge in [0.2, 0.25) is 4.80 Å². The van der Waals surface area contributed by atoms with Gasteiger partial charge in [-0.3, -0.25) is 4.79 Å². The summed E-state index contributed by atoms with van der Waals surface area (Å²) in [7, 11) is 0. The van der Waals surface area contributed by atoms with Gasteiger partial charge in [-0.25, -0.2) is 18.4 Å². The van der Waals surface area contributed by atoms with E-state index in [0.29, 0.717) is 33.1 Å². The monoisotopic (exact) mass is 487 g/mol. The lowest BCUT2D eigenvalue weighted by Gasteiger charge is -2.18. The third-order valence-electron chi connectivity index (χ3n) is 5.08. The third-order valence-corrected chi connectivity index (χ3v) is 5.90. The van der Waals surface area contributed by atoms with E-state index in [1.54, 1.807) is 48.0 Å². The van der Waals surface area contributed by atoms with E-state index in [9.17, 15) is 13.6 Å². The lowest BCUT2D eigenvalue weighted by molar-refractivity contribution is -0.118. The van der Waals surface area contributed by atoms with Gasteiger partial charge < -0.3 is 10.1 Å². The number of nitrogens with one attached hydrogen (secondary N) is 1. The second kappa shape index (κ2) is 9.32. The molecule has 10 heteroatoms. The molecule has 35 heavy (non-hydrogen) atoms. The number of carbonyl (C=O) groups is 1. The molecule has 172 valence electrons. The topological polar surface area (TPSA) is 91.8 Å². The lowest BCUT2D eigenvalue weighted by Crippen LogP contribution is -2.25. The fraction of sp³-hybridized carbons (Fsp3) is 0.0400. The Morgan fingerprint density at radius 2 is 1.94 bits per heavy atom. The zero-order valence-corrected chi connectivity index (χ0v) is 18.7. The molecule has 1 N–H and O–H groups in total. The molecule has 0 radical (unpaired) electrons. The molecular weight excluding hydrogens is 472 g/mol.